The summed E-state index contributed by atoms with van der Waals surface area (Å²) in [5.41, 5.74) is 0.636. The molecule has 1 saturated carbocycles. The highest BCUT2D eigenvalue weighted by atomic mass is 14.5. The van der Waals surface area contributed by atoms with Crippen molar-refractivity contribution in [2.75, 3.05) is 0 Å². The monoisotopic (exact) mass is 252 g/mol. The standard InChI is InChI=1S/C17H20N2/c18-13-7-12-17(14-19,15-8-3-1-4-9-15)16-10-5-2-6-11-16/h1,3-4,8-9,16H,2,5-7,10-12H2/t17-/m0/s1. The predicted molar refractivity (Wildman–Crippen MR) is 75.2 cm³/mol. The van der Waals surface area contributed by atoms with E-state index in [0.29, 0.717) is 18.8 Å². The molecule has 1 aromatic rings. The van der Waals surface area contributed by atoms with E-state index in [2.05, 4.69) is 24.3 Å². The molecule has 1 atom stereocenters. The Kier molecular flexibility index (Phi) is 4.58. The number of hydrogen-bond acceptors (Lipinski definition) is 2. The number of rotatable bonds is 4. The van der Waals surface area contributed by atoms with Crippen LogP contribution < -0.4 is 0 Å². The zero-order chi connectivity index (χ0) is 13.6. The fraction of sp³-hybridized carbons (Fsp3) is 0.529. The second-order valence-corrected chi connectivity index (χ2v) is 5.44. The third kappa shape index (κ3) is 2.79. The first-order valence-corrected chi connectivity index (χ1v) is 7.17. The van der Waals surface area contributed by atoms with Crippen LogP contribution in [0.15, 0.2) is 30.3 Å². The molecule has 19 heavy (non-hydrogen) atoms. The maximum Gasteiger partial charge on any atom is 0.0860 e. The van der Waals surface area contributed by atoms with Gasteiger partial charge in [0.25, 0.3) is 0 Å². The zero-order valence-electron chi connectivity index (χ0n) is 11.3. The summed E-state index contributed by atoms with van der Waals surface area (Å²) >= 11 is 0. The van der Waals surface area contributed by atoms with E-state index >= 15 is 0 Å². The molecule has 98 valence electrons. The fourth-order valence-corrected chi connectivity index (χ4v) is 3.38. The number of benzene rings is 1. The van der Waals surface area contributed by atoms with E-state index in [1.54, 1.807) is 0 Å². The Bertz CT molecular complexity index is 474. The smallest absolute Gasteiger partial charge is 0.0860 e. The third-order valence-electron chi connectivity index (χ3n) is 4.42. The number of hydrogen-bond donors (Lipinski definition) is 0. The van der Waals surface area contributed by atoms with E-state index in [-0.39, 0.29) is 0 Å². The molecule has 2 heteroatoms. The normalized spacial score (nSPS) is 19.1. The molecule has 0 unspecified atom stereocenters. The highest BCUT2D eigenvalue weighted by Gasteiger charge is 2.40. The summed E-state index contributed by atoms with van der Waals surface area (Å²) in [6.07, 6.45) is 7.07. The first kappa shape index (κ1) is 13.6. The predicted octanol–water partition coefficient (Wildman–Crippen LogP) is 4.33. The molecule has 1 aliphatic carbocycles. The molecule has 0 saturated heterocycles. The Morgan fingerprint density at radius 1 is 1.05 bits per heavy atom. The van der Waals surface area contributed by atoms with E-state index < -0.39 is 5.41 Å². The first-order chi connectivity index (χ1) is 9.33. The van der Waals surface area contributed by atoms with E-state index in [0.717, 1.165) is 18.4 Å². The number of nitrogens with zero attached hydrogens (tertiary/aromatic N) is 2. The van der Waals surface area contributed by atoms with Crippen LogP contribution in [0.2, 0.25) is 0 Å². The van der Waals surface area contributed by atoms with Crippen LogP contribution in [0, 0.1) is 28.6 Å². The molecule has 1 fully saturated rings. The van der Waals surface area contributed by atoms with Crippen molar-refractivity contribution in [1.82, 2.24) is 0 Å². The van der Waals surface area contributed by atoms with E-state index in [9.17, 15) is 5.26 Å². The molecule has 2 nitrogen and oxygen atoms in total. The number of nitriles is 2. The minimum Gasteiger partial charge on any atom is -0.198 e. The van der Waals surface area contributed by atoms with Crippen LogP contribution in [0.5, 0.6) is 0 Å². The molecule has 0 aliphatic heterocycles. The molecule has 0 bridgehead atoms. The summed E-state index contributed by atoms with van der Waals surface area (Å²) < 4.78 is 0. The fourth-order valence-electron chi connectivity index (χ4n) is 3.38. The van der Waals surface area contributed by atoms with Crippen LogP contribution in [0.3, 0.4) is 0 Å². The molecule has 2 rings (SSSR count). The first-order valence-electron chi connectivity index (χ1n) is 7.17. The lowest BCUT2D eigenvalue weighted by Crippen LogP contribution is -2.35. The van der Waals surface area contributed by atoms with Gasteiger partial charge in [-0.15, -0.1) is 0 Å². The molecule has 0 amide bonds. The van der Waals surface area contributed by atoms with Crippen molar-refractivity contribution in [3.63, 3.8) is 0 Å². The summed E-state index contributed by atoms with van der Waals surface area (Å²) in [4.78, 5) is 0. The maximum absolute atomic E-state index is 9.85. The van der Waals surface area contributed by atoms with Crippen molar-refractivity contribution >= 4 is 0 Å². The second-order valence-electron chi connectivity index (χ2n) is 5.44. The van der Waals surface area contributed by atoms with Gasteiger partial charge in [-0.1, -0.05) is 49.6 Å². The van der Waals surface area contributed by atoms with Crippen LogP contribution in [-0.4, -0.2) is 0 Å². The summed E-state index contributed by atoms with van der Waals surface area (Å²) in [6, 6.07) is 14.9. The molecular formula is C17H20N2. The Morgan fingerprint density at radius 2 is 1.74 bits per heavy atom. The van der Waals surface area contributed by atoms with Crippen molar-refractivity contribution in [1.29, 1.82) is 10.5 Å². The van der Waals surface area contributed by atoms with Crippen molar-refractivity contribution in [3.8, 4) is 12.1 Å². The Morgan fingerprint density at radius 3 is 2.32 bits per heavy atom. The van der Waals surface area contributed by atoms with Gasteiger partial charge in [0, 0.05) is 6.42 Å². The van der Waals surface area contributed by atoms with Gasteiger partial charge in [-0.25, -0.2) is 0 Å². The molecule has 0 aromatic heterocycles. The van der Waals surface area contributed by atoms with Crippen LogP contribution in [0.4, 0.5) is 0 Å². The van der Waals surface area contributed by atoms with E-state index in [4.69, 9.17) is 5.26 Å². The molecular weight excluding hydrogens is 232 g/mol. The van der Waals surface area contributed by atoms with Gasteiger partial charge in [0.05, 0.1) is 17.6 Å². The molecule has 0 spiro atoms. The van der Waals surface area contributed by atoms with Gasteiger partial charge in [-0.3, -0.25) is 0 Å². The van der Waals surface area contributed by atoms with Gasteiger partial charge in [-0.2, -0.15) is 10.5 Å². The lowest BCUT2D eigenvalue weighted by Gasteiger charge is -2.37. The average Bonchev–Trinajstić information content (AvgIpc) is 2.51. The lowest BCUT2D eigenvalue weighted by atomic mass is 9.64. The third-order valence-corrected chi connectivity index (χ3v) is 4.42. The van der Waals surface area contributed by atoms with Crippen LogP contribution in [0.1, 0.15) is 50.5 Å². The van der Waals surface area contributed by atoms with Crippen LogP contribution in [0.25, 0.3) is 0 Å². The Balaban J connectivity index is 2.36. The van der Waals surface area contributed by atoms with Gasteiger partial charge in [0.2, 0.25) is 0 Å². The maximum atomic E-state index is 9.85. The summed E-state index contributed by atoms with van der Waals surface area (Å²) in [5.74, 6) is 0.405. The summed E-state index contributed by atoms with van der Waals surface area (Å²) in [5, 5.41) is 18.8. The SMILES string of the molecule is N#CCC[C@](C#N)(c1ccccc1)C1CCCCC1. The summed E-state index contributed by atoms with van der Waals surface area (Å²) in [6.45, 7) is 0. The lowest BCUT2D eigenvalue weighted by molar-refractivity contribution is 0.241. The minimum absolute atomic E-state index is 0.405. The molecule has 0 heterocycles. The van der Waals surface area contributed by atoms with Gasteiger partial charge < -0.3 is 0 Å². The molecule has 1 aliphatic rings. The largest absolute Gasteiger partial charge is 0.198 e. The Labute approximate surface area is 115 Å². The molecule has 0 radical (unpaired) electrons. The zero-order valence-corrected chi connectivity index (χ0v) is 11.3. The minimum atomic E-state index is -0.461. The van der Waals surface area contributed by atoms with Crippen molar-refractivity contribution < 1.29 is 0 Å². The van der Waals surface area contributed by atoms with Gasteiger partial charge in [-0.05, 0) is 30.7 Å². The van der Waals surface area contributed by atoms with E-state index in [1.165, 1.54) is 19.3 Å². The van der Waals surface area contributed by atoms with Crippen LogP contribution in [-0.2, 0) is 5.41 Å². The van der Waals surface area contributed by atoms with Crippen molar-refractivity contribution in [3.05, 3.63) is 35.9 Å². The molecule has 1 aromatic carbocycles. The van der Waals surface area contributed by atoms with Crippen molar-refractivity contribution in [2.45, 2.75) is 50.4 Å². The van der Waals surface area contributed by atoms with Gasteiger partial charge in [0.15, 0.2) is 0 Å². The highest BCUT2D eigenvalue weighted by Crippen LogP contribution is 2.43. The topological polar surface area (TPSA) is 47.6 Å². The molecule has 0 N–H and O–H groups in total. The van der Waals surface area contributed by atoms with Crippen molar-refractivity contribution in [2.24, 2.45) is 5.92 Å². The van der Waals surface area contributed by atoms with Gasteiger partial charge in [0.1, 0.15) is 0 Å². The Hall–Kier alpha value is -1.80. The van der Waals surface area contributed by atoms with Crippen LogP contribution >= 0.6 is 0 Å². The average molecular weight is 252 g/mol. The second kappa shape index (κ2) is 6.39. The highest BCUT2D eigenvalue weighted by molar-refractivity contribution is 5.34. The van der Waals surface area contributed by atoms with Gasteiger partial charge >= 0.3 is 0 Å². The van der Waals surface area contributed by atoms with E-state index in [1.807, 2.05) is 18.2 Å². The summed E-state index contributed by atoms with van der Waals surface area (Å²) in [7, 11) is 0. The quantitative estimate of drug-likeness (QED) is 0.800.